The smallest absolute Gasteiger partial charge is 0.392 e. The van der Waals surface area contributed by atoms with Gasteiger partial charge >= 0.3 is 12.4 Å². The van der Waals surface area contributed by atoms with Gasteiger partial charge in [-0.05, 0) is 133 Å². The van der Waals surface area contributed by atoms with Crippen LogP contribution >= 0.6 is 23.2 Å². The lowest BCUT2D eigenvalue weighted by atomic mass is 10.1. The third kappa shape index (κ3) is 10.4. The summed E-state index contributed by atoms with van der Waals surface area (Å²) in [4.78, 5) is 25.7. The molecule has 2 aliphatic rings. The minimum Gasteiger partial charge on any atom is -0.495 e. The van der Waals surface area contributed by atoms with Gasteiger partial charge < -0.3 is 9.47 Å². The van der Waals surface area contributed by atoms with Crippen LogP contribution in [0.25, 0.3) is 33.2 Å². The number of sulfonamides is 2. The van der Waals surface area contributed by atoms with Crippen LogP contribution in [0.5, 0.6) is 11.5 Å². The minimum absolute atomic E-state index is 0.0375. The summed E-state index contributed by atoms with van der Waals surface area (Å²) in [7, 11) is -5.36. The molecule has 2 aliphatic carbocycles. The molecular formula is C48H36Cl2F6N8O8S2. The normalized spacial score (nSPS) is 17.5. The quantitative estimate of drug-likeness (QED) is 0.110. The molecule has 0 amide bonds. The van der Waals surface area contributed by atoms with Crippen molar-refractivity contribution < 1.29 is 52.7 Å². The number of aromatic nitrogens is 6. The molecule has 0 spiro atoms. The number of hydrogen-bond donors (Lipinski definition) is 2. The third-order valence-electron chi connectivity index (χ3n) is 12.3. The maximum atomic E-state index is 13.1. The molecule has 4 aromatic heterocycles. The average Bonchev–Trinajstić information content (AvgIpc) is 4.30. The van der Waals surface area contributed by atoms with Gasteiger partial charge in [-0.2, -0.15) is 36.5 Å². The van der Waals surface area contributed by atoms with Crippen molar-refractivity contribution >= 4 is 76.7 Å². The second-order valence-corrected chi connectivity index (χ2v) is 21.1. The number of alkyl halides is 6. The summed E-state index contributed by atoms with van der Waals surface area (Å²) in [6, 6.07) is 25.3. The van der Waals surface area contributed by atoms with Gasteiger partial charge in [-0.1, -0.05) is 23.2 Å². The van der Waals surface area contributed by atoms with Crippen LogP contribution in [-0.4, -0.2) is 72.9 Å². The van der Waals surface area contributed by atoms with E-state index in [4.69, 9.17) is 32.7 Å². The highest BCUT2D eigenvalue weighted by Crippen LogP contribution is 2.59. The maximum Gasteiger partial charge on any atom is 0.392 e. The average molecular weight is 1100 g/mol. The van der Waals surface area contributed by atoms with E-state index in [-0.39, 0.29) is 67.2 Å². The highest BCUT2D eigenvalue weighted by Gasteiger charge is 2.57. The molecule has 2 N–H and O–H groups in total. The first-order valence-electron chi connectivity index (χ1n) is 21.8. The largest absolute Gasteiger partial charge is 0.495 e. The summed E-state index contributed by atoms with van der Waals surface area (Å²) in [5.41, 5.74) is 0.752. The first kappa shape index (κ1) is 51.6. The highest BCUT2D eigenvalue weighted by molar-refractivity contribution is 7.93. The van der Waals surface area contributed by atoms with Gasteiger partial charge in [0, 0.05) is 45.3 Å². The van der Waals surface area contributed by atoms with E-state index in [1.807, 2.05) is 0 Å². The SMILES string of the molecule is COc1cc([C@@H]2C[C@H]2C(F)(F)F)c(Cl)cc1-n1c(=O)ccc2cc(S(=O)(=O)Nc3cccnn3)ccc21.COc1cc([C@H]2C[C@@H]2C(F)(F)F)c(Cl)cc1-n1c(=O)ccc2cc(S(=O)(=O)Nc3cccnn3)ccc21. The topological polar surface area (TPSA) is 206 Å². The van der Waals surface area contributed by atoms with Gasteiger partial charge in [-0.15, -0.1) is 10.2 Å². The van der Waals surface area contributed by atoms with E-state index in [0.29, 0.717) is 32.9 Å². The maximum absolute atomic E-state index is 13.1. The van der Waals surface area contributed by atoms with Crippen molar-refractivity contribution in [2.75, 3.05) is 23.7 Å². The van der Waals surface area contributed by atoms with Gasteiger partial charge in [0.25, 0.3) is 31.2 Å². The van der Waals surface area contributed by atoms with Crippen LogP contribution in [0.1, 0.15) is 35.8 Å². The van der Waals surface area contributed by atoms with Crippen molar-refractivity contribution in [3.63, 3.8) is 0 Å². The lowest BCUT2D eigenvalue weighted by Crippen LogP contribution is -2.19. The number of rotatable bonds is 12. The number of ether oxygens (including phenoxy) is 2. The number of anilines is 2. The predicted octanol–water partition coefficient (Wildman–Crippen LogP) is 9.82. The van der Waals surface area contributed by atoms with Crippen LogP contribution < -0.4 is 30.0 Å². The zero-order chi connectivity index (χ0) is 53.1. The Balaban J connectivity index is 0.000000182. The zero-order valence-electron chi connectivity index (χ0n) is 38.1. The predicted molar refractivity (Wildman–Crippen MR) is 262 cm³/mol. The van der Waals surface area contributed by atoms with E-state index in [0.717, 1.165) is 0 Å². The molecule has 4 atom stereocenters. The molecule has 2 saturated carbocycles. The molecule has 0 saturated heterocycles. The lowest BCUT2D eigenvalue weighted by Gasteiger charge is -2.17. The molecule has 74 heavy (non-hydrogen) atoms. The monoisotopic (exact) mass is 1100 g/mol. The van der Waals surface area contributed by atoms with E-state index in [1.165, 1.54) is 145 Å². The summed E-state index contributed by atoms with van der Waals surface area (Å²) < 4.78 is 148. The number of methoxy groups -OCH3 is 2. The molecule has 26 heteroatoms. The molecule has 0 radical (unpaired) electrons. The number of nitrogens with zero attached hydrogens (tertiary/aromatic N) is 6. The molecule has 384 valence electrons. The number of pyridine rings is 2. The molecule has 4 heterocycles. The molecule has 4 aromatic carbocycles. The molecular weight excluding hydrogens is 1070 g/mol. The Morgan fingerprint density at radius 2 is 0.959 bits per heavy atom. The van der Waals surface area contributed by atoms with Gasteiger partial charge in [0.15, 0.2) is 11.6 Å². The van der Waals surface area contributed by atoms with Crippen molar-refractivity contribution in [2.24, 2.45) is 11.8 Å². The van der Waals surface area contributed by atoms with E-state index < -0.39 is 67.2 Å². The van der Waals surface area contributed by atoms with Crippen LogP contribution in [0.15, 0.2) is 141 Å². The van der Waals surface area contributed by atoms with Gasteiger partial charge in [-0.3, -0.25) is 28.2 Å². The lowest BCUT2D eigenvalue weighted by molar-refractivity contribution is -0.149. The Labute approximate surface area is 425 Å². The summed E-state index contributed by atoms with van der Waals surface area (Å²) in [5, 5.41) is 15.6. The second-order valence-electron chi connectivity index (χ2n) is 17.0. The van der Waals surface area contributed by atoms with Crippen molar-refractivity contribution in [1.82, 2.24) is 29.5 Å². The Kier molecular flexibility index (Phi) is 13.6. The molecule has 0 unspecified atom stereocenters. The fourth-order valence-corrected chi connectivity index (χ4v) is 11.2. The van der Waals surface area contributed by atoms with Crippen LogP contribution in [0.3, 0.4) is 0 Å². The fourth-order valence-electron chi connectivity index (χ4n) is 8.55. The van der Waals surface area contributed by atoms with Gasteiger partial charge in [0.05, 0.1) is 58.3 Å². The first-order valence-corrected chi connectivity index (χ1v) is 25.5. The number of halogens is 8. The Hall–Kier alpha value is -7.28. The first-order chi connectivity index (χ1) is 35.0. The van der Waals surface area contributed by atoms with Crippen molar-refractivity contribution in [1.29, 1.82) is 0 Å². The fraction of sp³-hybridized carbons (Fsp3) is 0.208. The molecule has 16 nitrogen and oxygen atoms in total. The number of nitrogens with one attached hydrogen (secondary N) is 2. The Morgan fingerprint density at radius 1 is 0.568 bits per heavy atom. The standard InChI is InChI=1S/2C24H18ClF3N4O4S/c2*1-36-21-11-16(15-10-17(15)24(26,27)28)18(25)12-20(21)32-19-6-5-14(9-13(19)4-7-23(32)33)37(34,35)31-22-3-2-8-29-30-22/h2*2-9,11-12,15,17H,10H2,1H3,(H,30,31)/t2*15-,17+/m10/s1. The molecule has 8 aromatic rings. The molecule has 10 rings (SSSR count). The minimum atomic E-state index is -4.33. The van der Waals surface area contributed by atoms with E-state index in [2.05, 4.69) is 29.8 Å². The van der Waals surface area contributed by atoms with Crippen molar-refractivity contribution in [3.05, 3.63) is 163 Å². The number of hydrogen-bond acceptors (Lipinski definition) is 12. The van der Waals surface area contributed by atoms with Crippen LogP contribution in [0.2, 0.25) is 10.0 Å². The van der Waals surface area contributed by atoms with Gasteiger partial charge in [0.1, 0.15) is 11.5 Å². The Bertz CT molecular complexity index is 3610. The molecule has 0 aliphatic heterocycles. The number of benzene rings is 4. The van der Waals surface area contributed by atoms with Crippen molar-refractivity contribution in [3.8, 4) is 22.9 Å². The second kappa shape index (κ2) is 19.5. The van der Waals surface area contributed by atoms with E-state index >= 15 is 0 Å². The van der Waals surface area contributed by atoms with Gasteiger partial charge in [0.2, 0.25) is 0 Å². The third-order valence-corrected chi connectivity index (χ3v) is 15.6. The van der Waals surface area contributed by atoms with E-state index in [9.17, 15) is 52.8 Å². The Morgan fingerprint density at radius 3 is 1.28 bits per heavy atom. The van der Waals surface area contributed by atoms with Crippen LogP contribution in [-0.2, 0) is 20.0 Å². The summed E-state index contributed by atoms with van der Waals surface area (Å²) in [5.74, 6) is -4.13. The van der Waals surface area contributed by atoms with Gasteiger partial charge in [-0.25, -0.2) is 16.8 Å². The molecule has 2 fully saturated rings. The van der Waals surface area contributed by atoms with Crippen molar-refractivity contribution in [2.45, 2.75) is 46.8 Å². The summed E-state index contributed by atoms with van der Waals surface area (Å²) >= 11 is 12.8. The number of fused-ring (bicyclic) bond motifs is 2. The van der Waals surface area contributed by atoms with Crippen LogP contribution in [0, 0.1) is 11.8 Å². The summed E-state index contributed by atoms with van der Waals surface area (Å²) in [6.45, 7) is 0. The zero-order valence-corrected chi connectivity index (χ0v) is 41.2. The van der Waals surface area contributed by atoms with Crippen LogP contribution in [0.4, 0.5) is 38.0 Å². The molecule has 0 bridgehead atoms. The summed E-state index contributed by atoms with van der Waals surface area (Å²) in [6.07, 6.45) is -5.99. The van der Waals surface area contributed by atoms with E-state index in [1.54, 1.807) is 0 Å². The highest BCUT2D eigenvalue weighted by atomic mass is 35.5.